The van der Waals surface area contributed by atoms with E-state index in [1.807, 2.05) is 7.11 Å². The summed E-state index contributed by atoms with van der Waals surface area (Å²) in [5.74, 6) is 0. The molecule has 0 aromatic heterocycles. The quantitative estimate of drug-likeness (QED) is 0.834. The molecule has 2 heteroatoms. The van der Waals surface area contributed by atoms with Crippen molar-refractivity contribution in [2.75, 3.05) is 20.2 Å². The number of allylic oxidation sites excluding steroid dienone is 1. The van der Waals surface area contributed by atoms with Gasteiger partial charge in [0.15, 0.2) is 0 Å². The molecule has 2 aliphatic rings. The molecule has 2 aromatic carbocycles. The number of nitrogens with zero attached hydrogens (tertiary/aromatic N) is 1. The van der Waals surface area contributed by atoms with Crippen LogP contribution < -0.4 is 0 Å². The Morgan fingerprint density at radius 2 is 1.65 bits per heavy atom. The van der Waals surface area contributed by atoms with Crippen LogP contribution in [0.5, 0.6) is 0 Å². The molecular weight excluding hydrogens is 282 g/mol. The Balaban J connectivity index is 1.53. The lowest BCUT2D eigenvalue weighted by molar-refractivity contribution is -0.0506. The Bertz CT molecular complexity index is 699. The SMILES string of the molecule is COC(c1ccccc1)N1CCC2(C=Cc3ccccc32)CC1. The number of piperidine rings is 1. The maximum atomic E-state index is 5.80. The Labute approximate surface area is 138 Å². The van der Waals surface area contributed by atoms with Gasteiger partial charge < -0.3 is 4.74 Å². The van der Waals surface area contributed by atoms with Crippen LogP contribution in [0.25, 0.3) is 6.08 Å². The fraction of sp³-hybridized carbons (Fsp3) is 0.333. The second kappa shape index (κ2) is 5.95. The van der Waals surface area contributed by atoms with E-state index in [2.05, 4.69) is 71.6 Å². The smallest absolute Gasteiger partial charge is 0.136 e. The first kappa shape index (κ1) is 14.7. The summed E-state index contributed by atoms with van der Waals surface area (Å²) in [4.78, 5) is 2.47. The number of benzene rings is 2. The van der Waals surface area contributed by atoms with Crippen LogP contribution in [-0.4, -0.2) is 25.1 Å². The molecule has 1 heterocycles. The zero-order chi connectivity index (χ0) is 15.7. The highest BCUT2D eigenvalue weighted by Crippen LogP contribution is 2.44. The Kier molecular flexibility index (Phi) is 3.80. The molecule has 118 valence electrons. The number of methoxy groups -OCH3 is 1. The second-order valence-electron chi connectivity index (χ2n) is 6.61. The number of rotatable bonds is 3. The van der Waals surface area contributed by atoms with Crippen LogP contribution in [0.15, 0.2) is 60.7 Å². The van der Waals surface area contributed by atoms with Crippen LogP contribution in [0.1, 0.15) is 35.8 Å². The number of ether oxygens (including phenoxy) is 1. The Morgan fingerprint density at radius 1 is 0.957 bits per heavy atom. The van der Waals surface area contributed by atoms with Crippen molar-refractivity contribution in [3.8, 4) is 0 Å². The van der Waals surface area contributed by atoms with Crippen LogP contribution in [0.3, 0.4) is 0 Å². The summed E-state index contributed by atoms with van der Waals surface area (Å²) in [5, 5.41) is 0. The van der Waals surface area contributed by atoms with Crippen molar-refractivity contribution in [3.05, 3.63) is 77.4 Å². The van der Waals surface area contributed by atoms with Gasteiger partial charge in [0.2, 0.25) is 0 Å². The van der Waals surface area contributed by atoms with Gasteiger partial charge in [0.05, 0.1) is 0 Å². The minimum atomic E-state index is 0.0641. The van der Waals surface area contributed by atoms with Crippen LogP contribution in [0.2, 0.25) is 0 Å². The minimum absolute atomic E-state index is 0.0641. The van der Waals surface area contributed by atoms with Gasteiger partial charge in [0.25, 0.3) is 0 Å². The highest BCUT2D eigenvalue weighted by Gasteiger charge is 2.39. The second-order valence-corrected chi connectivity index (χ2v) is 6.61. The van der Waals surface area contributed by atoms with Crippen molar-refractivity contribution in [1.82, 2.24) is 4.90 Å². The first-order valence-corrected chi connectivity index (χ1v) is 8.43. The summed E-state index contributed by atoms with van der Waals surface area (Å²) < 4.78 is 5.80. The molecule has 1 unspecified atom stereocenters. The maximum absolute atomic E-state index is 5.80. The molecule has 1 aliphatic heterocycles. The first-order chi connectivity index (χ1) is 11.3. The van der Waals surface area contributed by atoms with Gasteiger partial charge in [0.1, 0.15) is 6.23 Å². The van der Waals surface area contributed by atoms with Crippen LogP contribution >= 0.6 is 0 Å². The molecule has 0 radical (unpaired) electrons. The summed E-state index contributed by atoms with van der Waals surface area (Å²) in [6.07, 6.45) is 7.12. The maximum Gasteiger partial charge on any atom is 0.136 e. The summed E-state index contributed by atoms with van der Waals surface area (Å²) in [6, 6.07) is 19.4. The van der Waals surface area contributed by atoms with Crippen molar-refractivity contribution in [3.63, 3.8) is 0 Å². The standard InChI is InChI=1S/C21H23NO/c1-23-20(18-8-3-2-4-9-18)22-15-13-21(14-16-22)12-11-17-7-5-6-10-19(17)21/h2-12,20H,13-16H2,1H3. The lowest BCUT2D eigenvalue weighted by Crippen LogP contribution is -2.43. The number of hydrogen-bond donors (Lipinski definition) is 0. The molecule has 23 heavy (non-hydrogen) atoms. The highest BCUT2D eigenvalue weighted by molar-refractivity contribution is 5.65. The van der Waals surface area contributed by atoms with Crippen molar-refractivity contribution in [1.29, 1.82) is 0 Å². The van der Waals surface area contributed by atoms with E-state index in [0.29, 0.717) is 0 Å². The zero-order valence-corrected chi connectivity index (χ0v) is 13.6. The molecule has 1 fully saturated rings. The molecule has 2 aromatic rings. The van der Waals surface area contributed by atoms with E-state index in [4.69, 9.17) is 4.74 Å². The van der Waals surface area contributed by atoms with Gasteiger partial charge in [-0.15, -0.1) is 0 Å². The van der Waals surface area contributed by atoms with Gasteiger partial charge >= 0.3 is 0 Å². The van der Waals surface area contributed by atoms with E-state index in [9.17, 15) is 0 Å². The third kappa shape index (κ3) is 2.52. The average Bonchev–Trinajstić information content (AvgIpc) is 2.97. The van der Waals surface area contributed by atoms with Crippen LogP contribution in [0, 0.1) is 0 Å². The fourth-order valence-electron chi connectivity index (χ4n) is 4.14. The molecule has 2 nitrogen and oxygen atoms in total. The first-order valence-electron chi connectivity index (χ1n) is 8.43. The van der Waals surface area contributed by atoms with Crippen molar-refractivity contribution >= 4 is 6.08 Å². The fourth-order valence-corrected chi connectivity index (χ4v) is 4.14. The third-order valence-electron chi connectivity index (χ3n) is 5.41. The zero-order valence-electron chi connectivity index (χ0n) is 13.6. The van der Waals surface area contributed by atoms with E-state index in [1.54, 1.807) is 0 Å². The average molecular weight is 305 g/mol. The normalized spacial score (nSPS) is 20.6. The summed E-state index contributed by atoms with van der Waals surface area (Å²) in [6.45, 7) is 2.12. The van der Waals surface area contributed by atoms with E-state index in [0.717, 1.165) is 25.9 Å². The van der Waals surface area contributed by atoms with Gasteiger partial charge in [-0.25, -0.2) is 0 Å². The predicted molar refractivity (Wildman–Crippen MR) is 94.2 cm³/mol. The van der Waals surface area contributed by atoms with Crippen LogP contribution in [-0.2, 0) is 10.2 Å². The van der Waals surface area contributed by atoms with Gasteiger partial charge in [-0.3, -0.25) is 4.90 Å². The predicted octanol–water partition coefficient (Wildman–Crippen LogP) is 4.39. The van der Waals surface area contributed by atoms with Crippen molar-refractivity contribution in [2.45, 2.75) is 24.5 Å². The van der Waals surface area contributed by atoms with Gasteiger partial charge in [-0.2, -0.15) is 0 Å². The minimum Gasteiger partial charge on any atom is -0.362 e. The highest BCUT2D eigenvalue weighted by atomic mass is 16.5. The molecule has 0 amide bonds. The summed E-state index contributed by atoms with van der Waals surface area (Å²) in [7, 11) is 1.81. The molecule has 4 rings (SSSR count). The Morgan fingerprint density at radius 3 is 2.39 bits per heavy atom. The molecule has 1 atom stereocenters. The van der Waals surface area contributed by atoms with Crippen molar-refractivity contribution < 1.29 is 4.74 Å². The third-order valence-corrected chi connectivity index (χ3v) is 5.41. The van der Waals surface area contributed by atoms with E-state index < -0.39 is 0 Å². The topological polar surface area (TPSA) is 12.5 Å². The van der Waals surface area contributed by atoms with Crippen LogP contribution in [0.4, 0.5) is 0 Å². The number of likely N-dealkylation sites (tertiary alicyclic amines) is 1. The Hall–Kier alpha value is -1.90. The molecule has 0 N–H and O–H groups in total. The summed E-state index contributed by atoms with van der Waals surface area (Å²) in [5.41, 5.74) is 4.39. The van der Waals surface area contributed by atoms with E-state index in [1.165, 1.54) is 16.7 Å². The van der Waals surface area contributed by atoms with Gasteiger partial charge in [-0.05, 0) is 29.5 Å². The van der Waals surface area contributed by atoms with E-state index >= 15 is 0 Å². The van der Waals surface area contributed by atoms with Gasteiger partial charge in [-0.1, -0.05) is 66.7 Å². The molecule has 1 saturated heterocycles. The lowest BCUT2D eigenvalue weighted by atomic mass is 9.74. The van der Waals surface area contributed by atoms with Gasteiger partial charge in [0, 0.05) is 25.6 Å². The van der Waals surface area contributed by atoms with Crippen molar-refractivity contribution in [2.24, 2.45) is 0 Å². The molecule has 1 spiro atoms. The molecule has 0 bridgehead atoms. The van der Waals surface area contributed by atoms with E-state index in [-0.39, 0.29) is 11.6 Å². The molecule has 1 aliphatic carbocycles. The largest absolute Gasteiger partial charge is 0.362 e. The summed E-state index contributed by atoms with van der Waals surface area (Å²) >= 11 is 0. The molecular formula is C21H23NO. The monoisotopic (exact) mass is 305 g/mol. The molecule has 0 saturated carbocycles. The number of fused-ring (bicyclic) bond motifs is 2. The number of hydrogen-bond acceptors (Lipinski definition) is 2. The lowest BCUT2D eigenvalue weighted by Gasteiger charge is -2.42.